The molecule has 1 rings (SSSR count). The van der Waals surface area contributed by atoms with Crippen molar-refractivity contribution in [3.05, 3.63) is 0 Å². The zero-order valence-corrected chi connectivity index (χ0v) is 19.6. The van der Waals surface area contributed by atoms with Gasteiger partial charge in [-0.05, 0) is 0 Å². The zero-order chi connectivity index (χ0) is 14.4. The van der Waals surface area contributed by atoms with Crippen molar-refractivity contribution in [2.24, 2.45) is 0 Å². The molecular weight excluding hydrogens is 327 g/mol. The molecule has 0 aliphatic carbocycles. The minimum Gasteiger partial charge on any atom is -0.855 e. The fraction of sp³-hybridized carbons (Fsp3) is 0.909. The summed E-state index contributed by atoms with van der Waals surface area (Å²) in [6.45, 7) is -0.295. The van der Waals surface area contributed by atoms with Crippen molar-refractivity contribution in [2.45, 2.75) is 44.0 Å². The first kappa shape index (κ1) is 29.0. The van der Waals surface area contributed by atoms with Gasteiger partial charge in [-0.25, -0.2) is 0 Å². The Hall–Kier alpha value is 2.23. The number of amides is 1. The second kappa shape index (κ2) is 15.5. The van der Waals surface area contributed by atoms with E-state index in [0.29, 0.717) is 0 Å². The molecule has 5 atom stereocenters. The predicted molar refractivity (Wildman–Crippen MR) is 56.4 cm³/mol. The summed E-state index contributed by atoms with van der Waals surface area (Å²) in [6.07, 6.45) is -4.77. The maximum Gasteiger partial charge on any atom is 1.00 e. The predicted octanol–water partition coefficient (Wildman–Crippen LogP) is -13.6. The number of rotatable bonds is 6. The van der Waals surface area contributed by atoms with Crippen molar-refractivity contribution in [3.8, 4) is 0 Å². The SMILES string of the molecule is CC(=O)N[C@H]1C([C@H]([O-])C[O-])OC(OCC[O-])C[C@@H]1O.[Na+].[Na+].[Na+]. The summed E-state index contributed by atoms with van der Waals surface area (Å²) in [5.41, 5.74) is 0. The van der Waals surface area contributed by atoms with Gasteiger partial charge in [0, 0.05) is 20.0 Å². The van der Waals surface area contributed by atoms with Gasteiger partial charge in [-0.3, -0.25) is 4.79 Å². The summed E-state index contributed by atoms with van der Waals surface area (Å²) in [7, 11) is 0. The van der Waals surface area contributed by atoms with E-state index in [1.54, 1.807) is 0 Å². The molecular formula is C11H18NNa3O7. The van der Waals surface area contributed by atoms with Gasteiger partial charge in [0.25, 0.3) is 0 Å². The normalized spacial score (nSPS) is 28.4. The van der Waals surface area contributed by atoms with Crippen LogP contribution in [0.4, 0.5) is 0 Å². The van der Waals surface area contributed by atoms with Gasteiger partial charge in [0.15, 0.2) is 6.29 Å². The molecule has 1 heterocycles. The first-order valence-electron chi connectivity index (χ1n) is 6.03. The minimum absolute atomic E-state index is 0. The second-order valence-corrected chi connectivity index (χ2v) is 4.34. The maximum atomic E-state index is 11.6. The van der Waals surface area contributed by atoms with Gasteiger partial charge in [0.05, 0.1) is 18.2 Å². The van der Waals surface area contributed by atoms with Gasteiger partial charge in [-0.1, -0.05) is 0 Å². The number of carbonyl (C=O) groups is 1. The third kappa shape index (κ3) is 9.65. The Morgan fingerprint density at radius 3 is 2.45 bits per heavy atom. The number of aliphatic hydroxyl groups excluding tert-OH is 1. The van der Waals surface area contributed by atoms with Crippen LogP contribution in [0.5, 0.6) is 0 Å². The van der Waals surface area contributed by atoms with E-state index in [4.69, 9.17) is 9.47 Å². The van der Waals surface area contributed by atoms with E-state index in [1.165, 1.54) is 6.92 Å². The van der Waals surface area contributed by atoms with Crippen molar-refractivity contribution in [1.29, 1.82) is 0 Å². The summed E-state index contributed by atoms with van der Waals surface area (Å²) in [5, 5.41) is 44.9. The van der Waals surface area contributed by atoms with E-state index in [0.717, 1.165) is 0 Å². The molecule has 22 heavy (non-hydrogen) atoms. The second-order valence-electron chi connectivity index (χ2n) is 4.34. The van der Waals surface area contributed by atoms with E-state index in [2.05, 4.69) is 5.32 Å². The number of hydrogen-bond acceptors (Lipinski definition) is 7. The average Bonchev–Trinajstić information content (AvgIpc) is 2.37. The summed E-state index contributed by atoms with van der Waals surface area (Å²) >= 11 is 0. The van der Waals surface area contributed by atoms with Crippen molar-refractivity contribution in [2.75, 3.05) is 19.8 Å². The topological polar surface area (TPSA) is 137 Å². The van der Waals surface area contributed by atoms with E-state index in [-0.39, 0.29) is 102 Å². The van der Waals surface area contributed by atoms with Gasteiger partial charge >= 0.3 is 88.7 Å². The van der Waals surface area contributed by atoms with Crippen LogP contribution in [0.2, 0.25) is 0 Å². The third-order valence-electron chi connectivity index (χ3n) is 2.80. The van der Waals surface area contributed by atoms with Crippen molar-refractivity contribution >= 4 is 5.91 Å². The summed E-state index contributed by atoms with van der Waals surface area (Å²) in [4.78, 5) is 11.0. The molecule has 0 spiro atoms. The van der Waals surface area contributed by atoms with E-state index < -0.39 is 49.8 Å². The molecule has 0 aromatic carbocycles. The Bertz CT molecular complexity index is 301. The first-order valence-corrected chi connectivity index (χ1v) is 6.03. The van der Waals surface area contributed by atoms with Crippen LogP contribution < -0.4 is 109 Å². The van der Waals surface area contributed by atoms with Crippen LogP contribution in [0.3, 0.4) is 0 Å². The molecule has 0 radical (unpaired) electrons. The molecule has 1 saturated heterocycles. The number of hydrogen-bond donors (Lipinski definition) is 2. The quantitative estimate of drug-likeness (QED) is 0.456. The Kier molecular flexibility index (Phi) is 20.4. The van der Waals surface area contributed by atoms with Crippen LogP contribution in [-0.2, 0) is 14.3 Å². The maximum absolute atomic E-state index is 11.6. The summed E-state index contributed by atoms with van der Waals surface area (Å²) in [6, 6.07) is -0.943. The Morgan fingerprint density at radius 2 is 2.00 bits per heavy atom. The van der Waals surface area contributed by atoms with E-state index in [1.807, 2.05) is 0 Å². The van der Waals surface area contributed by atoms with Crippen LogP contribution in [-0.4, -0.2) is 61.5 Å². The Morgan fingerprint density at radius 1 is 1.41 bits per heavy atom. The molecule has 8 nitrogen and oxygen atoms in total. The number of ether oxygens (including phenoxy) is 2. The van der Waals surface area contributed by atoms with Crippen molar-refractivity contribution in [3.63, 3.8) is 0 Å². The van der Waals surface area contributed by atoms with E-state index in [9.17, 15) is 25.2 Å². The fourth-order valence-corrected chi connectivity index (χ4v) is 1.99. The third-order valence-corrected chi connectivity index (χ3v) is 2.80. The molecule has 1 aliphatic rings. The molecule has 1 aliphatic heterocycles. The van der Waals surface area contributed by atoms with Gasteiger partial charge in [-0.15, -0.1) is 12.7 Å². The Balaban J connectivity index is -0.00000120. The van der Waals surface area contributed by atoms with Gasteiger partial charge in [0.2, 0.25) is 5.91 Å². The molecule has 0 aromatic rings. The molecule has 0 bridgehead atoms. The zero-order valence-electron chi connectivity index (χ0n) is 13.6. The molecule has 1 fully saturated rings. The van der Waals surface area contributed by atoms with Gasteiger partial charge < -0.3 is 35.2 Å². The number of nitrogens with one attached hydrogen (secondary N) is 1. The molecule has 1 amide bonds. The fourth-order valence-electron chi connectivity index (χ4n) is 1.99. The molecule has 0 aromatic heterocycles. The summed E-state index contributed by atoms with van der Waals surface area (Å²) in [5.74, 6) is -0.435. The largest absolute Gasteiger partial charge is 1.00 e. The number of carbonyl (C=O) groups excluding carboxylic acids is 1. The molecule has 2 unspecified atom stereocenters. The smallest absolute Gasteiger partial charge is 0.855 e. The van der Waals surface area contributed by atoms with Crippen molar-refractivity contribution < 1.29 is 123 Å². The van der Waals surface area contributed by atoms with Gasteiger partial charge in [0.1, 0.15) is 0 Å². The molecule has 112 valence electrons. The first-order chi connectivity index (χ1) is 8.99. The van der Waals surface area contributed by atoms with Crippen molar-refractivity contribution in [1.82, 2.24) is 5.32 Å². The minimum atomic E-state index is -1.63. The van der Waals surface area contributed by atoms with E-state index >= 15 is 0 Å². The number of aliphatic hydroxyl groups is 1. The monoisotopic (exact) mass is 345 g/mol. The van der Waals surface area contributed by atoms with Crippen LogP contribution in [0.25, 0.3) is 0 Å². The molecule has 0 saturated carbocycles. The molecule has 11 heteroatoms. The van der Waals surface area contributed by atoms with Crippen LogP contribution in [0.1, 0.15) is 13.3 Å². The summed E-state index contributed by atoms with van der Waals surface area (Å²) < 4.78 is 10.3. The Labute approximate surface area is 196 Å². The average molecular weight is 345 g/mol. The van der Waals surface area contributed by atoms with Crippen LogP contribution in [0.15, 0.2) is 0 Å². The van der Waals surface area contributed by atoms with Crippen LogP contribution >= 0.6 is 0 Å². The standard InChI is InChI=1S/C11H18NO7.3Na/c1-6(15)12-10-7(16)4-9(18-3-2-13)19-11(10)8(17)5-14;;;/h7-11,16H,2-5H2,1H3,(H,12,15);;;/q-3;3*+1/t7-,8+,9?,10+,11?;;;/m0.../s1. The molecule has 2 N–H and O–H groups in total. The van der Waals surface area contributed by atoms with Crippen LogP contribution in [0, 0.1) is 0 Å². The van der Waals surface area contributed by atoms with Gasteiger partial charge in [-0.2, -0.15) is 6.61 Å².